The van der Waals surface area contributed by atoms with Gasteiger partial charge in [-0.1, -0.05) is 24.3 Å². The van der Waals surface area contributed by atoms with Crippen molar-refractivity contribution in [3.63, 3.8) is 0 Å². The summed E-state index contributed by atoms with van der Waals surface area (Å²) in [4.78, 5) is 12.8. The van der Waals surface area contributed by atoms with Gasteiger partial charge in [0.15, 0.2) is 0 Å². The molecule has 3 N–H and O–H groups in total. The molecule has 1 aliphatic rings. The summed E-state index contributed by atoms with van der Waals surface area (Å²) < 4.78 is 42.9. The second-order valence-electron chi connectivity index (χ2n) is 11.5. The van der Waals surface area contributed by atoms with Gasteiger partial charge in [-0.25, -0.2) is 4.31 Å². The lowest BCUT2D eigenvalue weighted by Gasteiger charge is -2.31. The fraction of sp³-hybridized carbons (Fsp3) is 0.452. The maximum atomic E-state index is 13.7. The highest BCUT2D eigenvalue weighted by molar-refractivity contribution is 7.97. The van der Waals surface area contributed by atoms with E-state index in [4.69, 9.17) is 5.11 Å². The first-order valence-corrected chi connectivity index (χ1v) is 15.3. The van der Waals surface area contributed by atoms with Crippen molar-refractivity contribution in [2.24, 2.45) is 5.92 Å². The molecular weight excluding hydrogens is 569 g/mol. The second kappa shape index (κ2) is 13.3. The van der Waals surface area contributed by atoms with E-state index < -0.39 is 23.8 Å². The molecule has 0 spiro atoms. The smallest absolute Gasteiger partial charge is 0.416 e. The number of thiophene rings is 1. The standard InChI is InChI=1S/C31H37F3N2O3S2/c1-30(2,17-20-12-21-6-4-5-7-22(21)13-20)35-18-25(37)19-36(3)41-27-15-23(14-24(16-27)31(32,33)34)28-10-8-26(40-28)9-11-29(38)39/h4-8,10,14-16,20,25,35,37H,9,11-13,17-19H2,1-3H3,(H,38,39)/t25-/m1/s1. The number of aliphatic hydroxyl groups excluding tert-OH is 1. The molecule has 1 atom stereocenters. The SMILES string of the molecule is CN(C[C@H](O)CNC(C)(C)CC1Cc2ccccc2C1)Sc1cc(-c2ccc(CCC(=O)O)s2)cc(C(F)(F)F)c1. The average molecular weight is 607 g/mol. The van der Waals surface area contributed by atoms with Gasteiger partial charge in [0.2, 0.25) is 0 Å². The number of hydrogen-bond acceptors (Lipinski definition) is 6. The van der Waals surface area contributed by atoms with Gasteiger partial charge in [-0.3, -0.25) is 4.79 Å². The number of aliphatic hydroxyl groups is 1. The number of likely N-dealkylation sites (N-methyl/N-ethyl adjacent to an activating group) is 1. The zero-order chi connectivity index (χ0) is 29.8. The molecule has 0 aliphatic heterocycles. The van der Waals surface area contributed by atoms with Crippen LogP contribution in [0, 0.1) is 5.92 Å². The number of aryl methyl sites for hydroxylation is 1. The van der Waals surface area contributed by atoms with Gasteiger partial charge in [0.1, 0.15) is 0 Å². The maximum Gasteiger partial charge on any atom is 0.416 e. The molecule has 3 aromatic rings. The molecule has 0 unspecified atom stereocenters. The Hall–Kier alpha value is -2.37. The molecule has 0 fully saturated rings. The molecule has 4 rings (SSSR count). The van der Waals surface area contributed by atoms with E-state index in [1.165, 1.54) is 22.5 Å². The van der Waals surface area contributed by atoms with Crippen molar-refractivity contribution in [2.45, 2.75) is 68.7 Å². The Morgan fingerprint density at radius 1 is 1.12 bits per heavy atom. The molecule has 0 saturated heterocycles. The van der Waals surface area contributed by atoms with Gasteiger partial charge in [-0.2, -0.15) is 13.2 Å². The summed E-state index contributed by atoms with van der Waals surface area (Å²) in [7, 11) is 1.75. The lowest BCUT2D eigenvalue weighted by atomic mass is 9.88. The molecule has 0 amide bonds. The highest BCUT2D eigenvalue weighted by atomic mass is 32.2. The minimum Gasteiger partial charge on any atom is -0.481 e. The molecule has 0 bridgehead atoms. The summed E-state index contributed by atoms with van der Waals surface area (Å²) in [5, 5.41) is 23.1. The zero-order valence-electron chi connectivity index (χ0n) is 23.5. The van der Waals surface area contributed by atoms with Crippen LogP contribution in [0.2, 0.25) is 0 Å². The van der Waals surface area contributed by atoms with E-state index in [9.17, 15) is 23.1 Å². The van der Waals surface area contributed by atoms with E-state index in [2.05, 4.69) is 43.4 Å². The molecule has 10 heteroatoms. The molecule has 1 aromatic heterocycles. The molecule has 222 valence electrons. The maximum absolute atomic E-state index is 13.7. The first kappa shape index (κ1) is 31.6. The van der Waals surface area contributed by atoms with Gasteiger partial charge < -0.3 is 15.5 Å². The molecule has 41 heavy (non-hydrogen) atoms. The van der Waals surface area contributed by atoms with E-state index in [0.29, 0.717) is 34.2 Å². The van der Waals surface area contributed by atoms with Gasteiger partial charge in [-0.15, -0.1) is 11.3 Å². The Balaban J connectivity index is 1.33. The van der Waals surface area contributed by atoms with E-state index in [1.807, 2.05) is 0 Å². The lowest BCUT2D eigenvalue weighted by molar-refractivity contribution is -0.138. The molecule has 1 aliphatic carbocycles. The van der Waals surface area contributed by atoms with E-state index in [0.717, 1.165) is 48.2 Å². The zero-order valence-corrected chi connectivity index (χ0v) is 25.1. The molecule has 1 heterocycles. The number of halogens is 3. The molecule has 0 radical (unpaired) electrons. The Kier molecular flexibility index (Phi) is 10.2. The topological polar surface area (TPSA) is 72.8 Å². The van der Waals surface area contributed by atoms with Crippen molar-refractivity contribution >= 4 is 29.3 Å². The average Bonchev–Trinajstić information content (AvgIpc) is 3.52. The number of carbonyl (C=O) groups is 1. The Bertz CT molecular complexity index is 1320. The van der Waals surface area contributed by atoms with Crippen molar-refractivity contribution in [3.05, 3.63) is 76.2 Å². The third kappa shape index (κ3) is 9.31. The first-order valence-electron chi connectivity index (χ1n) is 13.7. The van der Waals surface area contributed by atoms with Crippen molar-refractivity contribution < 1.29 is 28.2 Å². The summed E-state index contributed by atoms with van der Waals surface area (Å²) >= 11 is 2.46. The fourth-order valence-electron chi connectivity index (χ4n) is 5.42. The minimum absolute atomic E-state index is 0.0301. The quantitative estimate of drug-likeness (QED) is 0.184. The number of carboxylic acids is 1. The van der Waals surface area contributed by atoms with Gasteiger partial charge in [0, 0.05) is 33.3 Å². The summed E-state index contributed by atoms with van der Waals surface area (Å²) in [5.74, 6) is -0.363. The largest absolute Gasteiger partial charge is 0.481 e. The van der Waals surface area contributed by atoms with Crippen LogP contribution in [0.15, 0.2) is 59.5 Å². The Morgan fingerprint density at radius 2 is 1.80 bits per heavy atom. The summed E-state index contributed by atoms with van der Waals surface area (Å²) in [6.07, 6.45) is -1.80. The normalized spacial score (nSPS) is 14.9. The number of fused-ring (bicyclic) bond motifs is 1. The van der Waals surface area contributed by atoms with Crippen LogP contribution in [-0.2, 0) is 30.2 Å². The van der Waals surface area contributed by atoms with Crippen molar-refractivity contribution in [1.29, 1.82) is 0 Å². The lowest BCUT2D eigenvalue weighted by Crippen LogP contribution is -2.46. The number of alkyl halides is 3. The highest BCUT2D eigenvalue weighted by Crippen LogP contribution is 2.39. The summed E-state index contributed by atoms with van der Waals surface area (Å²) in [6.45, 7) is 4.93. The van der Waals surface area contributed by atoms with Crippen molar-refractivity contribution in [1.82, 2.24) is 9.62 Å². The number of β-amino-alcohol motifs (C(OH)–C–C–N with tert-alkyl or cyclic N) is 1. The molecule has 0 saturated carbocycles. The number of benzene rings is 2. The predicted molar refractivity (Wildman–Crippen MR) is 159 cm³/mol. The Labute approximate surface area is 247 Å². The molecular formula is C31H37F3N2O3S2. The number of rotatable bonds is 13. The van der Waals surface area contributed by atoms with Crippen LogP contribution >= 0.6 is 23.3 Å². The molecule has 5 nitrogen and oxygen atoms in total. The van der Waals surface area contributed by atoms with Crippen molar-refractivity contribution in [3.8, 4) is 10.4 Å². The van der Waals surface area contributed by atoms with E-state index >= 15 is 0 Å². The third-order valence-electron chi connectivity index (χ3n) is 7.25. The number of hydrogen-bond donors (Lipinski definition) is 3. The van der Waals surface area contributed by atoms with Crippen LogP contribution < -0.4 is 5.32 Å². The number of nitrogens with one attached hydrogen (secondary N) is 1. The molecule has 2 aromatic carbocycles. The number of aliphatic carboxylic acids is 1. The van der Waals surface area contributed by atoms with Crippen LogP contribution in [0.1, 0.15) is 48.3 Å². The minimum atomic E-state index is -4.51. The van der Waals surface area contributed by atoms with Crippen LogP contribution in [-0.4, -0.2) is 52.3 Å². The fourth-order valence-corrected chi connectivity index (χ4v) is 7.38. The van der Waals surface area contributed by atoms with Crippen LogP contribution in [0.5, 0.6) is 0 Å². The van der Waals surface area contributed by atoms with E-state index in [-0.39, 0.29) is 18.5 Å². The van der Waals surface area contributed by atoms with Crippen molar-refractivity contribution in [2.75, 3.05) is 20.1 Å². The monoisotopic (exact) mass is 606 g/mol. The van der Waals surface area contributed by atoms with Gasteiger partial charge >= 0.3 is 12.1 Å². The van der Waals surface area contributed by atoms with Crippen LogP contribution in [0.3, 0.4) is 0 Å². The van der Waals surface area contributed by atoms with Gasteiger partial charge in [-0.05, 0) is 111 Å². The van der Waals surface area contributed by atoms with Crippen LogP contribution in [0.4, 0.5) is 13.2 Å². The van der Waals surface area contributed by atoms with Gasteiger partial charge in [0.25, 0.3) is 0 Å². The van der Waals surface area contributed by atoms with Crippen LogP contribution in [0.25, 0.3) is 10.4 Å². The second-order valence-corrected chi connectivity index (χ2v) is 13.9. The Morgan fingerprint density at radius 3 is 2.44 bits per heavy atom. The first-order chi connectivity index (χ1) is 19.3. The number of carboxylic acid groups (broad SMARTS) is 1. The highest BCUT2D eigenvalue weighted by Gasteiger charge is 2.32. The summed E-state index contributed by atoms with van der Waals surface area (Å²) in [5.41, 5.74) is 2.36. The van der Waals surface area contributed by atoms with E-state index in [1.54, 1.807) is 29.6 Å². The van der Waals surface area contributed by atoms with Gasteiger partial charge in [0.05, 0.1) is 18.1 Å². The predicted octanol–water partition coefficient (Wildman–Crippen LogP) is 6.92. The number of nitrogens with zero attached hydrogens (tertiary/aromatic N) is 1. The third-order valence-corrected chi connectivity index (χ3v) is 9.35. The summed E-state index contributed by atoms with van der Waals surface area (Å²) in [6, 6.07) is 16.0.